The van der Waals surface area contributed by atoms with Crippen molar-refractivity contribution in [2.45, 2.75) is 20.5 Å². The van der Waals surface area contributed by atoms with Gasteiger partial charge in [0.2, 0.25) is 0 Å². The van der Waals surface area contributed by atoms with Crippen LogP contribution in [0.15, 0.2) is 59.8 Å². The van der Waals surface area contributed by atoms with Crippen LogP contribution in [0.5, 0.6) is 11.5 Å². The molecule has 8 nitrogen and oxygen atoms in total. The number of benzene rings is 2. The molecule has 0 fully saturated rings. The number of hydrazone groups is 1. The maximum atomic E-state index is 10.7. The number of hydrogen-bond donors (Lipinski definition) is 1. The van der Waals surface area contributed by atoms with Crippen LogP contribution in [0.3, 0.4) is 0 Å². The predicted octanol–water partition coefficient (Wildman–Crippen LogP) is 5.38. The molecule has 0 aliphatic carbocycles. The van der Waals surface area contributed by atoms with Crippen LogP contribution >= 0.6 is 11.6 Å². The van der Waals surface area contributed by atoms with Crippen molar-refractivity contribution in [1.82, 2.24) is 4.98 Å². The monoisotopic (exact) mass is 440 g/mol. The molecule has 1 heterocycles. The Kier molecular flexibility index (Phi) is 7.40. The molecule has 1 aromatic heterocycles. The van der Waals surface area contributed by atoms with Gasteiger partial charge in [0.15, 0.2) is 11.5 Å². The largest absolute Gasteiger partial charge is 0.490 e. The summed E-state index contributed by atoms with van der Waals surface area (Å²) in [4.78, 5) is 14.1. The molecule has 0 saturated heterocycles. The number of aromatic nitrogens is 1. The summed E-state index contributed by atoms with van der Waals surface area (Å²) in [5.74, 6) is 1.35. The van der Waals surface area contributed by atoms with Crippen molar-refractivity contribution in [3.8, 4) is 11.5 Å². The summed E-state index contributed by atoms with van der Waals surface area (Å²) in [6, 6.07) is 14.3. The fourth-order valence-corrected chi connectivity index (χ4v) is 2.91. The minimum absolute atomic E-state index is 0.0936. The van der Waals surface area contributed by atoms with Gasteiger partial charge in [-0.3, -0.25) is 15.5 Å². The Morgan fingerprint density at radius 3 is 2.61 bits per heavy atom. The van der Waals surface area contributed by atoms with Crippen LogP contribution in [0, 0.1) is 17.0 Å². The maximum Gasteiger partial charge on any atom is 0.287 e. The van der Waals surface area contributed by atoms with E-state index in [1.54, 1.807) is 18.3 Å². The van der Waals surface area contributed by atoms with Gasteiger partial charge in [0.1, 0.15) is 18.6 Å². The summed E-state index contributed by atoms with van der Waals surface area (Å²) in [5, 5.41) is 15.2. The van der Waals surface area contributed by atoms with Gasteiger partial charge in [-0.2, -0.15) is 5.10 Å². The third-order valence-electron chi connectivity index (χ3n) is 4.19. The normalized spacial score (nSPS) is 10.8. The third-order valence-corrected chi connectivity index (χ3v) is 4.47. The van der Waals surface area contributed by atoms with Gasteiger partial charge in [-0.05, 0) is 43.2 Å². The molecular formula is C22H21ClN4O4. The molecule has 0 spiro atoms. The smallest absolute Gasteiger partial charge is 0.287 e. The van der Waals surface area contributed by atoms with Crippen LogP contribution in [-0.2, 0) is 6.61 Å². The van der Waals surface area contributed by atoms with Crippen molar-refractivity contribution in [2.75, 3.05) is 12.0 Å². The number of halogens is 1. The highest BCUT2D eigenvalue weighted by Gasteiger charge is 2.13. The van der Waals surface area contributed by atoms with Gasteiger partial charge >= 0.3 is 0 Å². The average molecular weight is 441 g/mol. The standard InChI is InChI=1S/C22H21ClN4O4/c1-3-30-20-11-17(12-25-26-21-9-8-18(13-24-21)27(28)29)10-19(23)22(20)31-14-16-6-4-15(2)5-7-16/h4-13H,3,14H2,1-2H3,(H,24,26)/b25-12+. The van der Waals surface area contributed by atoms with Crippen molar-refractivity contribution in [3.63, 3.8) is 0 Å². The molecule has 160 valence electrons. The number of nitrogens with one attached hydrogen (secondary N) is 1. The molecule has 0 unspecified atom stereocenters. The van der Waals surface area contributed by atoms with Crippen LogP contribution in [0.1, 0.15) is 23.6 Å². The van der Waals surface area contributed by atoms with E-state index in [1.807, 2.05) is 38.1 Å². The number of rotatable bonds is 9. The van der Waals surface area contributed by atoms with E-state index in [9.17, 15) is 10.1 Å². The lowest BCUT2D eigenvalue weighted by atomic mass is 10.1. The molecule has 31 heavy (non-hydrogen) atoms. The number of nitro groups is 1. The van der Waals surface area contributed by atoms with Crippen molar-refractivity contribution in [1.29, 1.82) is 0 Å². The Balaban J connectivity index is 1.71. The zero-order chi connectivity index (χ0) is 22.2. The first-order chi connectivity index (χ1) is 15.0. The average Bonchev–Trinajstić information content (AvgIpc) is 2.75. The topological polar surface area (TPSA) is 98.9 Å². The van der Waals surface area contributed by atoms with Crippen molar-refractivity contribution < 1.29 is 14.4 Å². The number of ether oxygens (including phenoxy) is 2. The lowest BCUT2D eigenvalue weighted by Gasteiger charge is -2.14. The molecule has 9 heteroatoms. The van der Waals surface area contributed by atoms with Crippen LogP contribution in [0.25, 0.3) is 0 Å². The maximum absolute atomic E-state index is 10.7. The number of anilines is 1. The van der Waals surface area contributed by atoms with E-state index < -0.39 is 4.92 Å². The molecule has 1 N–H and O–H groups in total. The van der Waals surface area contributed by atoms with Gasteiger partial charge in [-0.25, -0.2) is 4.98 Å². The highest BCUT2D eigenvalue weighted by Crippen LogP contribution is 2.37. The first-order valence-electron chi connectivity index (χ1n) is 9.50. The first kappa shape index (κ1) is 22.0. The molecule has 3 aromatic rings. The van der Waals surface area contributed by atoms with E-state index in [1.165, 1.54) is 17.7 Å². The summed E-state index contributed by atoms with van der Waals surface area (Å²) >= 11 is 6.44. The SMILES string of the molecule is CCOc1cc(/C=N/Nc2ccc([N+](=O)[O-])cn2)cc(Cl)c1OCc1ccc(C)cc1. The van der Waals surface area contributed by atoms with Gasteiger partial charge in [0.25, 0.3) is 5.69 Å². The Morgan fingerprint density at radius 1 is 1.19 bits per heavy atom. The fourth-order valence-electron chi connectivity index (χ4n) is 2.64. The molecule has 0 radical (unpaired) electrons. The second-order valence-corrected chi connectivity index (χ2v) is 6.97. The molecule has 0 amide bonds. The molecule has 0 saturated carbocycles. The lowest BCUT2D eigenvalue weighted by Crippen LogP contribution is -2.02. The van der Waals surface area contributed by atoms with E-state index in [4.69, 9.17) is 21.1 Å². The Bertz CT molecular complexity index is 1070. The minimum atomic E-state index is -0.514. The molecule has 0 aliphatic heterocycles. The fraction of sp³-hybridized carbons (Fsp3) is 0.182. The molecular weight excluding hydrogens is 420 g/mol. The Hall–Kier alpha value is -3.65. The summed E-state index contributed by atoms with van der Waals surface area (Å²) in [6.45, 7) is 4.71. The van der Waals surface area contributed by atoms with Gasteiger partial charge < -0.3 is 9.47 Å². The number of hydrogen-bond acceptors (Lipinski definition) is 7. The zero-order valence-corrected chi connectivity index (χ0v) is 17.8. The van der Waals surface area contributed by atoms with Gasteiger partial charge in [0.05, 0.1) is 22.8 Å². The number of aryl methyl sites for hydroxylation is 1. The predicted molar refractivity (Wildman–Crippen MR) is 120 cm³/mol. The molecule has 2 aromatic carbocycles. The van der Waals surface area contributed by atoms with Gasteiger partial charge in [-0.15, -0.1) is 0 Å². The highest BCUT2D eigenvalue weighted by molar-refractivity contribution is 6.32. The van der Waals surface area contributed by atoms with Crippen LogP contribution < -0.4 is 14.9 Å². The first-order valence-corrected chi connectivity index (χ1v) is 9.88. The summed E-state index contributed by atoms with van der Waals surface area (Å²) in [7, 11) is 0. The van der Waals surface area contributed by atoms with Crippen molar-refractivity contribution >= 4 is 29.3 Å². The van der Waals surface area contributed by atoms with Crippen molar-refractivity contribution in [3.05, 3.63) is 86.6 Å². The Morgan fingerprint density at radius 2 is 1.97 bits per heavy atom. The molecule has 3 rings (SSSR count). The van der Waals surface area contributed by atoms with E-state index in [2.05, 4.69) is 15.5 Å². The van der Waals surface area contributed by atoms with E-state index >= 15 is 0 Å². The molecule has 0 atom stereocenters. The number of nitrogens with zero attached hydrogens (tertiary/aromatic N) is 3. The van der Waals surface area contributed by atoms with Gasteiger partial charge in [-0.1, -0.05) is 41.4 Å². The minimum Gasteiger partial charge on any atom is -0.490 e. The zero-order valence-electron chi connectivity index (χ0n) is 17.0. The summed E-state index contributed by atoms with van der Waals surface area (Å²) in [5.41, 5.74) is 5.51. The van der Waals surface area contributed by atoms with Crippen LogP contribution in [-0.4, -0.2) is 22.7 Å². The summed E-state index contributed by atoms with van der Waals surface area (Å²) in [6.07, 6.45) is 2.70. The summed E-state index contributed by atoms with van der Waals surface area (Å²) < 4.78 is 11.6. The quantitative estimate of drug-likeness (QED) is 0.272. The van der Waals surface area contributed by atoms with Crippen LogP contribution in [0.4, 0.5) is 11.5 Å². The second-order valence-electron chi connectivity index (χ2n) is 6.57. The van der Waals surface area contributed by atoms with E-state index in [0.29, 0.717) is 41.1 Å². The molecule has 0 bridgehead atoms. The van der Waals surface area contributed by atoms with E-state index in [0.717, 1.165) is 11.8 Å². The van der Waals surface area contributed by atoms with Gasteiger partial charge in [0, 0.05) is 6.07 Å². The second kappa shape index (κ2) is 10.4. The Labute approximate surface area is 184 Å². The van der Waals surface area contributed by atoms with Crippen molar-refractivity contribution in [2.24, 2.45) is 5.10 Å². The van der Waals surface area contributed by atoms with E-state index in [-0.39, 0.29) is 5.69 Å². The third kappa shape index (κ3) is 6.16. The molecule has 0 aliphatic rings. The highest BCUT2D eigenvalue weighted by atomic mass is 35.5. The lowest BCUT2D eigenvalue weighted by molar-refractivity contribution is -0.385. The van der Waals surface area contributed by atoms with Crippen LogP contribution in [0.2, 0.25) is 5.02 Å². The number of pyridine rings is 1.